The standard InChI is InChI=1S/C10H17NO2/c1-7-4-11(5-7)10(12)9-3-8(2)13-6-9/h7-9H,3-6H2,1-2H3. The van der Waals surface area contributed by atoms with Crippen LogP contribution < -0.4 is 0 Å². The summed E-state index contributed by atoms with van der Waals surface area (Å²) in [5, 5.41) is 0. The maximum atomic E-state index is 11.8. The zero-order chi connectivity index (χ0) is 9.42. The molecule has 2 saturated heterocycles. The van der Waals surface area contributed by atoms with Crippen LogP contribution in [-0.2, 0) is 9.53 Å². The predicted molar refractivity (Wildman–Crippen MR) is 49.3 cm³/mol. The fourth-order valence-corrected chi connectivity index (χ4v) is 2.13. The quantitative estimate of drug-likeness (QED) is 0.604. The molecule has 74 valence electrons. The summed E-state index contributed by atoms with van der Waals surface area (Å²) in [4.78, 5) is 13.7. The van der Waals surface area contributed by atoms with Gasteiger partial charge in [-0.2, -0.15) is 0 Å². The van der Waals surface area contributed by atoms with Crippen molar-refractivity contribution in [3.05, 3.63) is 0 Å². The molecular formula is C10H17NO2. The number of nitrogens with zero attached hydrogens (tertiary/aromatic N) is 1. The van der Waals surface area contributed by atoms with E-state index in [1.165, 1.54) is 0 Å². The minimum Gasteiger partial charge on any atom is -0.378 e. The van der Waals surface area contributed by atoms with Crippen molar-refractivity contribution in [2.24, 2.45) is 11.8 Å². The number of amides is 1. The highest BCUT2D eigenvalue weighted by Gasteiger charge is 2.35. The van der Waals surface area contributed by atoms with E-state index in [0.29, 0.717) is 18.4 Å². The first-order chi connectivity index (χ1) is 6.16. The topological polar surface area (TPSA) is 29.5 Å². The van der Waals surface area contributed by atoms with Crippen molar-refractivity contribution >= 4 is 5.91 Å². The van der Waals surface area contributed by atoms with Gasteiger partial charge in [0.1, 0.15) is 0 Å². The normalized spacial score (nSPS) is 34.8. The number of likely N-dealkylation sites (tertiary alicyclic amines) is 1. The summed E-state index contributed by atoms with van der Waals surface area (Å²) in [5.74, 6) is 1.15. The molecule has 0 saturated carbocycles. The molecule has 2 heterocycles. The Balaban J connectivity index is 1.84. The van der Waals surface area contributed by atoms with Gasteiger partial charge in [-0.3, -0.25) is 4.79 Å². The van der Waals surface area contributed by atoms with E-state index in [1.807, 2.05) is 11.8 Å². The first-order valence-electron chi connectivity index (χ1n) is 5.07. The number of rotatable bonds is 1. The average Bonchev–Trinajstić information content (AvgIpc) is 2.45. The molecule has 0 bridgehead atoms. The molecule has 0 spiro atoms. The van der Waals surface area contributed by atoms with E-state index in [-0.39, 0.29) is 12.0 Å². The molecule has 0 aromatic heterocycles. The van der Waals surface area contributed by atoms with Gasteiger partial charge in [0.25, 0.3) is 0 Å². The second-order valence-electron chi connectivity index (χ2n) is 4.42. The maximum Gasteiger partial charge on any atom is 0.228 e. The number of hydrogen-bond donors (Lipinski definition) is 0. The lowest BCUT2D eigenvalue weighted by atomic mass is 9.98. The largest absolute Gasteiger partial charge is 0.378 e. The second-order valence-corrected chi connectivity index (χ2v) is 4.42. The van der Waals surface area contributed by atoms with Crippen LogP contribution in [0.3, 0.4) is 0 Å². The van der Waals surface area contributed by atoms with Gasteiger partial charge in [0.2, 0.25) is 5.91 Å². The van der Waals surface area contributed by atoms with Gasteiger partial charge in [-0.05, 0) is 19.3 Å². The van der Waals surface area contributed by atoms with E-state index in [1.54, 1.807) is 0 Å². The van der Waals surface area contributed by atoms with Crippen LogP contribution in [0.1, 0.15) is 20.3 Å². The van der Waals surface area contributed by atoms with Crippen molar-refractivity contribution in [1.82, 2.24) is 4.90 Å². The molecule has 2 rings (SSSR count). The molecule has 2 aliphatic heterocycles. The van der Waals surface area contributed by atoms with E-state index in [0.717, 1.165) is 19.5 Å². The van der Waals surface area contributed by atoms with Crippen molar-refractivity contribution in [2.45, 2.75) is 26.4 Å². The van der Waals surface area contributed by atoms with Crippen molar-refractivity contribution in [3.8, 4) is 0 Å². The predicted octanol–water partition coefficient (Wildman–Crippen LogP) is 0.890. The Kier molecular flexibility index (Phi) is 2.28. The number of ether oxygens (including phenoxy) is 1. The third-order valence-electron chi connectivity index (χ3n) is 2.92. The molecule has 2 atom stereocenters. The van der Waals surface area contributed by atoms with Gasteiger partial charge in [0.15, 0.2) is 0 Å². The molecule has 3 heteroatoms. The summed E-state index contributed by atoms with van der Waals surface area (Å²) in [6.07, 6.45) is 1.18. The Bertz CT molecular complexity index is 211. The van der Waals surface area contributed by atoms with Crippen LogP contribution in [0.25, 0.3) is 0 Å². The molecule has 0 aliphatic carbocycles. The highest BCUT2D eigenvalue weighted by atomic mass is 16.5. The monoisotopic (exact) mass is 183 g/mol. The number of carbonyl (C=O) groups is 1. The van der Waals surface area contributed by atoms with Gasteiger partial charge in [-0.1, -0.05) is 6.92 Å². The Labute approximate surface area is 79.0 Å². The summed E-state index contributed by atoms with van der Waals surface area (Å²) in [7, 11) is 0. The van der Waals surface area contributed by atoms with Crippen molar-refractivity contribution in [1.29, 1.82) is 0 Å². The van der Waals surface area contributed by atoms with Crippen LogP contribution in [0, 0.1) is 11.8 Å². The van der Waals surface area contributed by atoms with E-state index in [4.69, 9.17) is 4.74 Å². The minimum atomic E-state index is 0.141. The summed E-state index contributed by atoms with van der Waals surface area (Å²) < 4.78 is 5.38. The molecule has 0 aromatic carbocycles. The SMILES string of the molecule is CC1CN(C(=O)C2COC(C)C2)C1. The van der Waals surface area contributed by atoms with Crippen LogP contribution in [-0.4, -0.2) is 36.6 Å². The van der Waals surface area contributed by atoms with E-state index in [9.17, 15) is 4.79 Å². The van der Waals surface area contributed by atoms with Gasteiger partial charge in [0.05, 0.1) is 18.6 Å². The summed E-state index contributed by atoms with van der Waals surface area (Å²) in [6, 6.07) is 0. The Morgan fingerprint density at radius 3 is 2.54 bits per heavy atom. The van der Waals surface area contributed by atoms with Gasteiger partial charge in [-0.15, -0.1) is 0 Å². The lowest BCUT2D eigenvalue weighted by molar-refractivity contribution is -0.141. The fraction of sp³-hybridized carbons (Fsp3) is 0.900. The molecule has 3 nitrogen and oxygen atoms in total. The third-order valence-corrected chi connectivity index (χ3v) is 2.92. The molecular weight excluding hydrogens is 166 g/mol. The van der Waals surface area contributed by atoms with Crippen LogP contribution >= 0.6 is 0 Å². The van der Waals surface area contributed by atoms with Crippen LogP contribution in [0.5, 0.6) is 0 Å². The van der Waals surface area contributed by atoms with E-state index < -0.39 is 0 Å². The molecule has 0 N–H and O–H groups in total. The summed E-state index contributed by atoms with van der Waals surface area (Å²) in [6.45, 7) is 6.74. The Hall–Kier alpha value is -0.570. The maximum absolute atomic E-state index is 11.8. The van der Waals surface area contributed by atoms with Gasteiger partial charge >= 0.3 is 0 Å². The van der Waals surface area contributed by atoms with Crippen LogP contribution in [0.4, 0.5) is 0 Å². The smallest absolute Gasteiger partial charge is 0.228 e. The molecule has 13 heavy (non-hydrogen) atoms. The van der Waals surface area contributed by atoms with Gasteiger partial charge in [0, 0.05) is 13.1 Å². The molecule has 0 radical (unpaired) electrons. The Morgan fingerprint density at radius 1 is 1.38 bits per heavy atom. The minimum absolute atomic E-state index is 0.141. The van der Waals surface area contributed by atoms with Crippen LogP contribution in [0.2, 0.25) is 0 Å². The number of carbonyl (C=O) groups excluding carboxylic acids is 1. The van der Waals surface area contributed by atoms with Crippen molar-refractivity contribution < 1.29 is 9.53 Å². The molecule has 2 fully saturated rings. The molecule has 1 amide bonds. The first kappa shape index (κ1) is 9.00. The van der Waals surface area contributed by atoms with Crippen molar-refractivity contribution in [2.75, 3.05) is 19.7 Å². The summed E-state index contributed by atoms with van der Waals surface area (Å²) >= 11 is 0. The van der Waals surface area contributed by atoms with Gasteiger partial charge < -0.3 is 9.64 Å². The van der Waals surface area contributed by atoms with Crippen LogP contribution in [0.15, 0.2) is 0 Å². The first-order valence-corrected chi connectivity index (χ1v) is 5.07. The lowest BCUT2D eigenvalue weighted by Crippen LogP contribution is -2.51. The zero-order valence-electron chi connectivity index (χ0n) is 8.32. The Morgan fingerprint density at radius 2 is 2.08 bits per heavy atom. The zero-order valence-corrected chi connectivity index (χ0v) is 8.32. The highest BCUT2D eigenvalue weighted by Crippen LogP contribution is 2.24. The highest BCUT2D eigenvalue weighted by molar-refractivity contribution is 5.80. The lowest BCUT2D eigenvalue weighted by Gasteiger charge is -2.38. The molecule has 2 unspecified atom stereocenters. The molecule has 2 aliphatic rings. The van der Waals surface area contributed by atoms with E-state index in [2.05, 4.69) is 6.92 Å². The molecule has 0 aromatic rings. The van der Waals surface area contributed by atoms with Crippen molar-refractivity contribution in [3.63, 3.8) is 0 Å². The number of hydrogen-bond acceptors (Lipinski definition) is 2. The fourth-order valence-electron chi connectivity index (χ4n) is 2.13. The average molecular weight is 183 g/mol. The third kappa shape index (κ3) is 1.70. The van der Waals surface area contributed by atoms with Gasteiger partial charge in [-0.25, -0.2) is 0 Å². The second kappa shape index (κ2) is 3.29. The summed E-state index contributed by atoms with van der Waals surface area (Å²) in [5.41, 5.74) is 0. The van der Waals surface area contributed by atoms with E-state index >= 15 is 0 Å².